The van der Waals surface area contributed by atoms with Crippen molar-refractivity contribution < 1.29 is 28.0 Å². The predicted octanol–water partition coefficient (Wildman–Crippen LogP) is 5.10. The molecule has 11 heteroatoms. The van der Waals surface area contributed by atoms with E-state index in [1.165, 1.54) is 18.2 Å². The number of anilines is 1. The van der Waals surface area contributed by atoms with Gasteiger partial charge >= 0.3 is 0 Å². The molecule has 0 saturated heterocycles. The summed E-state index contributed by atoms with van der Waals surface area (Å²) >= 11 is 6.42. The van der Waals surface area contributed by atoms with Gasteiger partial charge in [-0.1, -0.05) is 29.8 Å². The van der Waals surface area contributed by atoms with Crippen molar-refractivity contribution >= 4 is 39.7 Å². The maximum Gasteiger partial charge on any atom is 0.285 e. The van der Waals surface area contributed by atoms with Crippen LogP contribution in [0.25, 0.3) is 0 Å². The minimum absolute atomic E-state index is 0.0567. The minimum atomic E-state index is -2.44. The van der Waals surface area contributed by atoms with E-state index in [1.54, 1.807) is 13.2 Å². The van der Waals surface area contributed by atoms with Crippen molar-refractivity contribution in [2.24, 2.45) is 16.2 Å². The van der Waals surface area contributed by atoms with Gasteiger partial charge in [0.25, 0.3) is 5.91 Å². The number of thiol groups is 1. The van der Waals surface area contributed by atoms with Crippen molar-refractivity contribution in [2.75, 3.05) is 45.4 Å². The summed E-state index contributed by atoms with van der Waals surface area (Å²) in [5.74, 6) is 0.471. The quantitative estimate of drug-likeness (QED) is 0.349. The molecule has 2 aromatic carbocycles. The lowest BCUT2D eigenvalue weighted by Crippen LogP contribution is -2.49. The molecule has 2 unspecified atom stereocenters. The number of carbonyl (C=O) groups is 2. The number of hydrogen-bond donors (Lipinski definition) is 2. The fourth-order valence-corrected chi connectivity index (χ4v) is 8.73. The number of rotatable bonds is 4. The summed E-state index contributed by atoms with van der Waals surface area (Å²) < 4.78 is 35.0. The molecule has 0 aromatic heterocycles. The molecule has 0 radical (unpaired) electrons. The second-order valence-electron chi connectivity index (χ2n) is 12.7. The normalized spacial score (nSPS) is 30.9. The van der Waals surface area contributed by atoms with Gasteiger partial charge in [0.05, 0.1) is 29.0 Å². The van der Waals surface area contributed by atoms with Crippen molar-refractivity contribution in [3.8, 4) is 5.75 Å². The number of benzene rings is 2. The van der Waals surface area contributed by atoms with Crippen molar-refractivity contribution in [1.29, 1.82) is 0 Å². The highest BCUT2D eigenvalue weighted by Gasteiger charge is 2.44. The van der Waals surface area contributed by atoms with Crippen LogP contribution in [-0.2, 0) is 36.7 Å². The van der Waals surface area contributed by atoms with Crippen LogP contribution in [0.3, 0.4) is 0 Å². The smallest absolute Gasteiger partial charge is 0.285 e. The molecule has 2 bridgehead atoms. The molecular formula is C34H42ClN3O6S. The highest BCUT2D eigenvalue weighted by molar-refractivity contribution is 7.75. The van der Waals surface area contributed by atoms with E-state index in [9.17, 15) is 13.8 Å². The largest absolute Gasteiger partial charge is 0.490 e. The van der Waals surface area contributed by atoms with Gasteiger partial charge in [-0.15, -0.1) is 0 Å². The molecule has 242 valence electrons. The van der Waals surface area contributed by atoms with E-state index in [4.69, 9.17) is 25.8 Å². The van der Waals surface area contributed by atoms with Crippen molar-refractivity contribution in [2.45, 2.75) is 61.8 Å². The number of fused-ring (bicyclic) bond motifs is 4. The number of hydrogen-bond acceptors (Lipinski definition) is 7. The maximum atomic E-state index is 13.5. The molecule has 1 fully saturated rings. The van der Waals surface area contributed by atoms with Gasteiger partial charge in [-0.05, 0) is 98.2 Å². The number of aryl methyl sites for hydroxylation is 1. The summed E-state index contributed by atoms with van der Waals surface area (Å²) in [7, 11) is 0.731. The molecule has 2 aliphatic heterocycles. The second-order valence-corrected chi connectivity index (χ2v) is 14.6. The Morgan fingerprint density at radius 2 is 2.07 bits per heavy atom. The van der Waals surface area contributed by atoms with Crippen LogP contribution in [0.1, 0.15) is 60.0 Å². The van der Waals surface area contributed by atoms with E-state index in [-0.39, 0.29) is 18.1 Å². The maximum absolute atomic E-state index is 13.5. The molecule has 6 atom stereocenters. The van der Waals surface area contributed by atoms with Crippen LogP contribution in [0.4, 0.5) is 5.69 Å². The zero-order valence-electron chi connectivity index (χ0n) is 25.9. The lowest BCUT2D eigenvalue weighted by atomic mass is 9.68. The van der Waals surface area contributed by atoms with Crippen LogP contribution in [0, 0.1) is 11.8 Å². The van der Waals surface area contributed by atoms with E-state index in [2.05, 4.69) is 32.8 Å². The third-order valence-electron chi connectivity index (χ3n) is 9.90. The second kappa shape index (κ2) is 13.8. The van der Waals surface area contributed by atoms with E-state index >= 15 is 0 Å². The third-order valence-corrected chi connectivity index (χ3v) is 11.4. The van der Waals surface area contributed by atoms with Crippen LogP contribution in [0.5, 0.6) is 5.75 Å². The highest BCUT2D eigenvalue weighted by atomic mass is 35.5. The van der Waals surface area contributed by atoms with E-state index < -0.39 is 27.8 Å². The first-order valence-electron chi connectivity index (χ1n) is 15.8. The molecule has 9 nitrogen and oxygen atoms in total. The Hall–Kier alpha value is -2.92. The first-order chi connectivity index (χ1) is 21.8. The van der Waals surface area contributed by atoms with Gasteiger partial charge in [0.15, 0.2) is 0 Å². The van der Waals surface area contributed by atoms with E-state index in [0.29, 0.717) is 36.8 Å². The van der Waals surface area contributed by atoms with Crippen LogP contribution in [0.2, 0.25) is 5.02 Å². The van der Waals surface area contributed by atoms with E-state index in [0.717, 1.165) is 61.7 Å². The van der Waals surface area contributed by atoms with Gasteiger partial charge in [-0.3, -0.25) is 13.8 Å². The molecule has 1 saturated carbocycles. The fraction of sp³-hybridized carbons (Fsp3) is 0.529. The number of carbonyl (C=O) groups excluding carboxylic acids is 2. The number of halogens is 1. The Morgan fingerprint density at radius 1 is 1.20 bits per heavy atom. The van der Waals surface area contributed by atoms with Crippen molar-refractivity contribution in [1.82, 2.24) is 5.32 Å². The molecule has 1 spiro atoms. The van der Waals surface area contributed by atoms with Crippen LogP contribution in [-0.4, -0.2) is 68.0 Å². The first kappa shape index (κ1) is 32.0. The number of amides is 2. The summed E-state index contributed by atoms with van der Waals surface area (Å²) in [4.78, 5) is 28.2. The fourth-order valence-electron chi connectivity index (χ4n) is 7.48. The Bertz CT molecular complexity index is 1560. The average Bonchev–Trinajstić information content (AvgIpc) is 3.16. The van der Waals surface area contributed by atoms with Gasteiger partial charge < -0.3 is 24.4 Å². The Morgan fingerprint density at radius 3 is 2.84 bits per heavy atom. The molecule has 2 heterocycles. The average molecular weight is 656 g/mol. The topological polar surface area (TPSA) is 107 Å². The van der Waals surface area contributed by atoms with Gasteiger partial charge in [-0.2, -0.15) is 4.36 Å². The third kappa shape index (κ3) is 6.80. The molecular weight excluding hydrogens is 614 g/mol. The number of nitrogens with zero attached hydrogens (tertiary/aromatic N) is 2. The summed E-state index contributed by atoms with van der Waals surface area (Å²) in [5, 5.41) is 2.69. The zero-order chi connectivity index (χ0) is 31.6. The molecule has 2 amide bonds. The highest BCUT2D eigenvalue weighted by Crippen LogP contribution is 2.47. The molecule has 1 N–H and O–H groups in total. The number of allylic oxidation sites excluding steroid dienone is 1. The summed E-state index contributed by atoms with van der Waals surface area (Å²) in [6.07, 6.45) is 10.1. The molecule has 2 aliphatic carbocycles. The molecule has 45 heavy (non-hydrogen) atoms. The zero-order valence-corrected chi connectivity index (χ0v) is 27.5. The monoisotopic (exact) mass is 655 g/mol. The lowest BCUT2D eigenvalue weighted by molar-refractivity contribution is -0.124. The molecule has 2 aromatic rings. The van der Waals surface area contributed by atoms with Crippen LogP contribution >= 0.6 is 11.6 Å². The Labute approximate surface area is 271 Å². The lowest BCUT2D eigenvalue weighted by Gasteiger charge is -2.46. The predicted molar refractivity (Wildman–Crippen MR) is 176 cm³/mol. The van der Waals surface area contributed by atoms with Crippen molar-refractivity contribution in [3.63, 3.8) is 0 Å². The van der Waals surface area contributed by atoms with E-state index in [1.807, 2.05) is 24.3 Å². The Balaban J connectivity index is 1.40. The van der Waals surface area contributed by atoms with Gasteiger partial charge in [0.2, 0.25) is 5.91 Å². The number of ether oxygens (including phenoxy) is 3. The number of nitrogens with one attached hydrogen (secondary N) is 1. The standard InChI is InChI=1S/C34H42ClN3O6S/c1-42-19-31(39)36-32-8-4-3-7-29(43-2)26-12-9-24(26)18-38-20-34(15-5-6-22-16-25(35)11-13-27(22)34)21-44-30-14-10-23(17-28(30)38)33(40)37-45(32)41/h3,7,10-11,13-14,16-17,24,26,29,32,45H,4-6,8-9,12,15,18-21H2,1-2H3,(H,36,39)/b7-3+/t24-,26+,29-,32?,34-/m0/s1. The first-order valence-corrected chi connectivity index (χ1v) is 17.5. The van der Waals surface area contributed by atoms with Gasteiger partial charge in [0.1, 0.15) is 17.7 Å². The van der Waals surface area contributed by atoms with Gasteiger partial charge in [-0.25, -0.2) is 0 Å². The Kier molecular flexibility index (Phi) is 9.85. The van der Waals surface area contributed by atoms with Crippen molar-refractivity contribution in [3.05, 3.63) is 70.3 Å². The minimum Gasteiger partial charge on any atom is -0.490 e. The molecule has 4 aliphatic rings. The van der Waals surface area contributed by atoms with Crippen LogP contribution in [0.15, 0.2) is 52.9 Å². The molecule has 6 rings (SSSR count). The summed E-state index contributed by atoms with van der Waals surface area (Å²) in [5.41, 5.74) is 3.51. The summed E-state index contributed by atoms with van der Waals surface area (Å²) in [6.45, 7) is 1.89. The van der Waals surface area contributed by atoms with Crippen LogP contribution < -0.4 is 15.0 Å². The van der Waals surface area contributed by atoms with Gasteiger partial charge in [0, 0.05) is 43.3 Å². The number of methoxy groups -OCH3 is 2. The summed E-state index contributed by atoms with van der Waals surface area (Å²) in [6, 6.07) is 11.6. The SMILES string of the molecule is COCC(=O)NC1CC/C=C/[C@H](OC)[C@@H]2CC[C@H]2CN2C[C@@]3(CCCc4cc(Cl)ccc43)COc3ccc(cc32)C(=O)/N=[SH]\1=O.